The second-order valence-corrected chi connectivity index (χ2v) is 2.25. The molecule has 1 N–H and O–H groups in total. The van der Waals surface area contributed by atoms with E-state index in [-0.39, 0.29) is 0 Å². The van der Waals surface area contributed by atoms with Gasteiger partial charge in [-0.2, -0.15) is 0 Å². The number of anilines is 1. The van der Waals surface area contributed by atoms with Gasteiger partial charge in [0.1, 0.15) is 5.82 Å². The van der Waals surface area contributed by atoms with Gasteiger partial charge in [0.2, 0.25) is 0 Å². The van der Waals surface area contributed by atoms with E-state index in [9.17, 15) is 0 Å². The Bertz CT molecular complexity index is 183. The SMILES string of the molecule is c1ncn2c1NCCC2. The molecule has 0 radical (unpaired) electrons. The maximum absolute atomic E-state index is 4.00. The lowest BCUT2D eigenvalue weighted by molar-refractivity contribution is 0.630. The van der Waals surface area contributed by atoms with Crippen LogP contribution >= 0.6 is 0 Å². The van der Waals surface area contributed by atoms with Gasteiger partial charge < -0.3 is 9.88 Å². The van der Waals surface area contributed by atoms with Crippen molar-refractivity contribution in [2.45, 2.75) is 13.0 Å². The fourth-order valence-electron chi connectivity index (χ4n) is 1.11. The lowest BCUT2D eigenvalue weighted by Crippen LogP contribution is -2.15. The molecule has 0 fully saturated rings. The summed E-state index contributed by atoms with van der Waals surface area (Å²) < 4.78 is 2.13. The van der Waals surface area contributed by atoms with Crippen molar-refractivity contribution in [3.8, 4) is 0 Å². The molecule has 0 aliphatic carbocycles. The van der Waals surface area contributed by atoms with E-state index in [1.165, 1.54) is 6.42 Å². The third kappa shape index (κ3) is 0.686. The number of hydrogen-bond donors (Lipinski definition) is 1. The second-order valence-electron chi connectivity index (χ2n) is 2.25. The van der Waals surface area contributed by atoms with Crippen LogP contribution in [0.2, 0.25) is 0 Å². The van der Waals surface area contributed by atoms with Crippen LogP contribution in [-0.4, -0.2) is 16.1 Å². The summed E-state index contributed by atoms with van der Waals surface area (Å²) in [5, 5.41) is 3.24. The van der Waals surface area contributed by atoms with Crippen molar-refractivity contribution in [3.63, 3.8) is 0 Å². The molecule has 0 spiro atoms. The molecule has 0 amide bonds. The molecule has 1 aromatic rings. The topological polar surface area (TPSA) is 29.9 Å². The Hall–Kier alpha value is -0.990. The summed E-state index contributed by atoms with van der Waals surface area (Å²) in [4.78, 5) is 4.00. The van der Waals surface area contributed by atoms with Crippen LogP contribution in [0.4, 0.5) is 5.82 Å². The highest BCUT2D eigenvalue weighted by Crippen LogP contribution is 2.10. The van der Waals surface area contributed by atoms with Crippen LogP contribution < -0.4 is 5.32 Å². The maximum atomic E-state index is 4.00. The first-order valence-corrected chi connectivity index (χ1v) is 3.21. The summed E-state index contributed by atoms with van der Waals surface area (Å²) in [6.45, 7) is 2.20. The molecule has 1 aromatic heterocycles. The molecule has 48 valence electrons. The van der Waals surface area contributed by atoms with Gasteiger partial charge in [0, 0.05) is 13.1 Å². The fraction of sp³-hybridized carbons (Fsp3) is 0.500. The molecule has 0 bridgehead atoms. The lowest BCUT2D eigenvalue weighted by atomic mass is 10.3. The Kier molecular flexibility index (Phi) is 0.946. The van der Waals surface area contributed by atoms with Crippen LogP contribution in [0.15, 0.2) is 12.5 Å². The zero-order valence-electron chi connectivity index (χ0n) is 5.17. The lowest BCUT2D eigenvalue weighted by Gasteiger charge is -2.14. The van der Waals surface area contributed by atoms with E-state index >= 15 is 0 Å². The Morgan fingerprint density at radius 2 is 2.67 bits per heavy atom. The molecular formula is C6H9N3. The fourth-order valence-corrected chi connectivity index (χ4v) is 1.11. The zero-order chi connectivity index (χ0) is 6.10. The van der Waals surface area contributed by atoms with E-state index in [2.05, 4.69) is 14.9 Å². The molecule has 0 unspecified atom stereocenters. The molecule has 2 heterocycles. The molecule has 9 heavy (non-hydrogen) atoms. The molecule has 0 atom stereocenters. The number of rotatable bonds is 0. The molecule has 3 nitrogen and oxygen atoms in total. The van der Waals surface area contributed by atoms with Crippen molar-refractivity contribution in [2.75, 3.05) is 11.9 Å². The van der Waals surface area contributed by atoms with Crippen LogP contribution in [0, 0.1) is 0 Å². The first-order valence-electron chi connectivity index (χ1n) is 3.21. The number of hydrogen-bond acceptors (Lipinski definition) is 2. The first kappa shape index (κ1) is 4.85. The number of imidazole rings is 1. The Morgan fingerprint density at radius 3 is 3.56 bits per heavy atom. The maximum Gasteiger partial charge on any atom is 0.125 e. The van der Waals surface area contributed by atoms with Gasteiger partial charge >= 0.3 is 0 Å². The summed E-state index contributed by atoms with van der Waals surface area (Å²) in [5.41, 5.74) is 0. The average molecular weight is 123 g/mol. The standard InChI is InChI=1S/C6H9N3/c1-2-8-6-4-7-5-9(6)3-1/h4-5,8H,1-3H2. The molecule has 3 heteroatoms. The second kappa shape index (κ2) is 1.76. The van der Waals surface area contributed by atoms with Gasteiger partial charge in [-0.05, 0) is 6.42 Å². The smallest absolute Gasteiger partial charge is 0.125 e. The highest BCUT2D eigenvalue weighted by atomic mass is 15.2. The van der Waals surface area contributed by atoms with Gasteiger partial charge in [0.05, 0.1) is 12.5 Å². The van der Waals surface area contributed by atoms with E-state index in [0.717, 1.165) is 18.9 Å². The van der Waals surface area contributed by atoms with Crippen molar-refractivity contribution in [3.05, 3.63) is 12.5 Å². The molecule has 1 aliphatic rings. The molecular weight excluding hydrogens is 114 g/mol. The number of nitrogens with zero attached hydrogens (tertiary/aromatic N) is 2. The van der Waals surface area contributed by atoms with Gasteiger partial charge in [-0.1, -0.05) is 0 Å². The zero-order valence-corrected chi connectivity index (χ0v) is 5.17. The predicted octanol–water partition coefficient (Wildman–Crippen LogP) is 0.699. The molecule has 0 aromatic carbocycles. The van der Waals surface area contributed by atoms with Crippen LogP contribution in [-0.2, 0) is 6.54 Å². The normalized spacial score (nSPS) is 16.4. The van der Waals surface area contributed by atoms with Crippen molar-refractivity contribution in [1.29, 1.82) is 0 Å². The van der Waals surface area contributed by atoms with Crippen LogP contribution in [0.1, 0.15) is 6.42 Å². The summed E-state index contributed by atoms with van der Waals surface area (Å²) in [5.74, 6) is 1.15. The van der Waals surface area contributed by atoms with Crippen molar-refractivity contribution < 1.29 is 0 Å². The van der Waals surface area contributed by atoms with E-state index in [0.29, 0.717) is 0 Å². The summed E-state index contributed by atoms with van der Waals surface area (Å²) in [7, 11) is 0. The van der Waals surface area contributed by atoms with Gasteiger partial charge in [0.25, 0.3) is 0 Å². The minimum Gasteiger partial charge on any atom is -0.370 e. The van der Waals surface area contributed by atoms with Crippen molar-refractivity contribution in [1.82, 2.24) is 9.55 Å². The highest BCUT2D eigenvalue weighted by molar-refractivity contribution is 5.33. The minimum atomic E-state index is 1.09. The van der Waals surface area contributed by atoms with Crippen LogP contribution in [0.25, 0.3) is 0 Å². The molecule has 0 saturated carbocycles. The molecule has 0 saturated heterocycles. The summed E-state index contributed by atoms with van der Waals surface area (Å²) >= 11 is 0. The van der Waals surface area contributed by atoms with Gasteiger partial charge in [-0.15, -0.1) is 0 Å². The van der Waals surface area contributed by atoms with E-state index in [1.54, 1.807) is 0 Å². The number of aryl methyl sites for hydroxylation is 1. The average Bonchev–Trinajstić information content (AvgIpc) is 2.33. The Labute approximate surface area is 53.7 Å². The highest BCUT2D eigenvalue weighted by Gasteiger charge is 2.04. The van der Waals surface area contributed by atoms with E-state index < -0.39 is 0 Å². The monoisotopic (exact) mass is 123 g/mol. The van der Waals surface area contributed by atoms with Crippen LogP contribution in [0.3, 0.4) is 0 Å². The van der Waals surface area contributed by atoms with E-state index in [4.69, 9.17) is 0 Å². The summed E-state index contributed by atoms with van der Waals surface area (Å²) in [6.07, 6.45) is 4.93. The van der Waals surface area contributed by atoms with Crippen molar-refractivity contribution >= 4 is 5.82 Å². The number of fused-ring (bicyclic) bond motifs is 1. The molecule has 2 rings (SSSR count). The largest absolute Gasteiger partial charge is 0.370 e. The number of aromatic nitrogens is 2. The summed E-state index contributed by atoms with van der Waals surface area (Å²) in [6, 6.07) is 0. The predicted molar refractivity (Wildman–Crippen MR) is 35.3 cm³/mol. The third-order valence-electron chi connectivity index (χ3n) is 1.59. The quantitative estimate of drug-likeness (QED) is 0.550. The third-order valence-corrected chi connectivity index (χ3v) is 1.59. The molecule has 1 aliphatic heterocycles. The minimum absolute atomic E-state index is 1.09. The van der Waals surface area contributed by atoms with Crippen LogP contribution in [0.5, 0.6) is 0 Å². The van der Waals surface area contributed by atoms with Gasteiger partial charge in [-0.3, -0.25) is 0 Å². The Morgan fingerprint density at radius 1 is 1.67 bits per heavy atom. The van der Waals surface area contributed by atoms with Crippen molar-refractivity contribution in [2.24, 2.45) is 0 Å². The Balaban J connectivity index is 2.39. The van der Waals surface area contributed by atoms with E-state index in [1.807, 2.05) is 12.5 Å². The number of nitrogens with one attached hydrogen (secondary N) is 1. The van der Waals surface area contributed by atoms with Gasteiger partial charge in [-0.25, -0.2) is 4.98 Å². The van der Waals surface area contributed by atoms with Gasteiger partial charge in [0.15, 0.2) is 0 Å². The first-order chi connectivity index (χ1) is 4.47.